The van der Waals surface area contributed by atoms with Gasteiger partial charge in [-0.05, 0) is 23.1 Å². The molecule has 0 aliphatic rings. The van der Waals surface area contributed by atoms with E-state index in [1.54, 1.807) is 17.0 Å². The Morgan fingerprint density at radius 2 is 1.74 bits per heavy atom. The second kappa shape index (κ2) is 9.07. The molecular formula is C20H20N4O2S. The van der Waals surface area contributed by atoms with Crippen molar-refractivity contribution in [2.24, 2.45) is 0 Å². The van der Waals surface area contributed by atoms with E-state index >= 15 is 0 Å². The van der Waals surface area contributed by atoms with Crippen LogP contribution >= 0.6 is 11.8 Å². The molecule has 1 aromatic heterocycles. The Balaban J connectivity index is 2.33. The van der Waals surface area contributed by atoms with Crippen molar-refractivity contribution in [3.63, 3.8) is 0 Å². The van der Waals surface area contributed by atoms with E-state index in [-0.39, 0.29) is 6.42 Å². The summed E-state index contributed by atoms with van der Waals surface area (Å²) >= 11 is 1.44. The second-order valence-electron chi connectivity index (χ2n) is 6.12. The number of thioether (sulfide) groups is 1. The number of hydrogen-bond acceptors (Lipinski definition) is 6. The van der Waals surface area contributed by atoms with E-state index < -0.39 is 5.97 Å². The lowest BCUT2D eigenvalue weighted by Gasteiger charge is -2.18. The van der Waals surface area contributed by atoms with Gasteiger partial charge in [0, 0.05) is 19.8 Å². The van der Waals surface area contributed by atoms with Gasteiger partial charge >= 0.3 is 5.97 Å². The smallest absolute Gasteiger partial charge is 0.307 e. The maximum Gasteiger partial charge on any atom is 0.307 e. The lowest BCUT2D eigenvalue weighted by molar-refractivity contribution is -0.136. The molecular weight excluding hydrogens is 360 g/mol. The van der Waals surface area contributed by atoms with Gasteiger partial charge in [-0.2, -0.15) is 10.5 Å². The van der Waals surface area contributed by atoms with Crippen molar-refractivity contribution >= 4 is 23.5 Å². The van der Waals surface area contributed by atoms with E-state index in [0.29, 0.717) is 34.1 Å². The van der Waals surface area contributed by atoms with Crippen LogP contribution in [0.4, 0.5) is 5.82 Å². The number of rotatable bonds is 7. The molecule has 1 heterocycles. The zero-order valence-electron chi connectivity index (χ0n) is 15.5. The number of carboxylic acids is 1. The molecule has 1 N–H and O–H groups in total. The monoisotopic (exact) mass is 380 g/mol. The maximum atomic E-state index is 10.8. The number of hydrogen-bond donors (Lipinski definition) is 1. The summed E-state index contributed by atoms with van der Waals surface area (Å²) in [5.41, 5.74) is 3.37. The van der Waals surface area contributed by atoms with Crippen molar-refractivity contribution in [2.75, 3.05) is 19.0 Å². The predicted octanol–water partition coefficient (Wildman–Crippen LogP) is 3.37. The molecule has 7 heteroatoms. The molecule has 2 aromatic rings. The van der Waals surface area contributed by atoms with Crippen LogP contribution in [-0.4, -0.2) is 30.2 Å². The normalized spacial score (nSPS) is 10.1. The van der Waals surface area contributed by atoms with E-state index in [1.165, 1.54) is 11.8 Å². The SMILES string of the molecule is CCc1c(C#N)c(SCc2ccc(CC(=O)O)cc2)nc(N(C)C)c1C#N. The van der Waals surface area contributed by atoms with Gasteiger partial charge in [-0.3, -0.25) is 4.79 Å². The molecule has 0 saturated carbocycles. The number of anilines is 1. The average molecular weight is 380 g/mol. The van der Waals surface area contributed by atoms with Crippen LogP contribution < -0.4 is 4.90 Å². The van der Waals surface area contributed by atoms with E-state index in [0.717, 1.165) is 16.7 Å². The Hall–Kier alpha value is -3.03. The third-order valence-electron chi connectivity index (χ3n) is 4.00. The minimum atomic E-state index is -0.860. The summed E-state index contributed by atoms with van der Waals surface area (Å²) in [4.78, 5) is 17.1. The second-order valence-corrected chi connectivity index (χ2v) is 7.08. The van der Waals surface area contributed by atoms with Crippen LogP contribution in [0.2, 0.25) is 0 Å². The fourth-order valence-corrected chi connectivity index (χ4v) is 3.65. The Morgan fingerprint density at radius 1 is 1.15 bits per heavy atom. The lowest BCUT2D eigenvalue weighted by atomic mass is 10.0. The Bertz CT molecular complexity index is 925. The number of pyridine rings is 1. The van der Waals surface area contributed by atoms with Gasteiger partial charge in [0.2, 0.25) is 0 Å². The Labute approximate surface area is 163 Å². The van der Waals surface area contributed by atoms with Crippen molar-refractivity contribution in [1.82, 2.24) is 4.98 Å². The van der Waals surface area contributed by atoms with Crippen molar-refractivity contribution in [3.8, 4) is 12.1 Å². The summed E-state index contributed by atoms with van der Waals surface area (Å²) in [5.74, 6) is 0.297. The van der Waals surface area contributed by atoms with Gasteiger partial charge in [-0.15, -0.1) is 11.8 Å². The van der Waals surface area contributed by atoms with Crippen LogP contribution in [0.25, 0.3) is 0 Å². The molecule has 0 amide bonds. The average Bonchev–Trinajstić information content (AvgIpc) is 2.65. The highest BCUT2D eigenvalue weighted by Gasteiger charge is 2.20. The van der Waals surface area contributed by atoms with Crippen molar-refractivity contribution in [3.05, 3.63) is 52.1 Å². The van der Waals surface area contributed by atoms with Crippen molar-refractivity contribution in [1.29, 1.82) is 10.5 Å². The summed E-state index contributed by atoms with van der Waals surface area (Å²) < 4.78 is 0. The zero-order valence-corrected chi connectivity index (χ0v) is 16.3. The zero-order chi connectivity index (χ0) is 20.0. The minimum absolute atomic E-state index is 0.00473. The molecule has 0 radical (unpaired) electrons. The first-order valence-electron chi connectivity index (χ1n) is 8.38. The topological polar surface area (TPSA) is 101 Å². The summed E-state index contributed by atoms with van der Waals surface area (Å²) in [6.45, 7) is 1.92. The molecule has 27 heavy (non-hydrogen) atoms. The van der Waals surface area contributed by atoms with E-state index in [1.807, 2.05) is 33.2 Å². The van der Waals surface area contributed by atoms with Gasteiger partial charge < -0.3 is 10.0 Å². The molecule has 0 saturated heterocycles. The lowest BCUT2D eigenvalue weighted by Crippen LogP contribution is -2.15. The van der Waals surface area contributed by atoms with Gasteiger partial charge in [-0.25, -0.2) is 4.98 Å². The molecule has 2 rings (SSSR count). The quantitative estimate of drug-likeness (QED) is 0.735. The molecule has 0 fully saturated rings. The maximum absolute atomic E-state index is 10.8. The van der Waals surface area contributed by atoms with E-state index in [9.17, 15) is 15.3 Å². The minimum Gasteiger partial charge on any atom is -0.481 e. The van der Waals surface area contributed by atoms with Gasteiger partial charge in [0.05, 0.1) is 17.5 Å². The largest absolute Gasteiger partial charge is 0.481 e. The first-order chi connectivity index (χ1) is 12.9. The van der Waals surface area contributed by atoms with Gasteiger partial charge in [0.1, 0.15) is 23.0 Å². The highest BCUT2D eigenvalue weighted by Crippen LogP contribution is 2.32. The summed E-state index contributed by atoms with van der Waals surface area (Å²) in [6.07, 6.45) is 0.571. The first kappa shape index (κ1) is 20.3. The first-order valence-corrected chi connectivity index (χ1v) is 9.36. The van der Waals surface area contributed by atoms with Crippen LogP contribution in [0.5, 0.6) is 0 Å². The fourth-order valence-electron chi connectivity index (χ4n) is 2.69. The number of carboxylic acid groups (broad SMARTS) is 1. The van der Waals surface area contributed by atoms with Crippen LogP contribution in [-0.2, 0) is 23.4 Å². The van der Waals surface area contributed by atoms with Gasteiger partial charge in [0.15, 0.2) is 0 Å². The number of nitrogens with zero attached hydrogens (tertiary/aromatic N) is 4. The number of carbonyl (C=O) groups is 1. The number of aliphatic carboxylic acids is 1. The third kappa shape index (κ3) is 4.78. The van der Waals surface area contributed by atoms with Crippen molar-refractivity contribution in [2.45, 2.75) is 30.5 Å². The summed E-state index contributed by atoms with van der Waals surface area (Å²) in [7, 11) is 3.65. The molecule has 0 aliphatic heterocycles. The third-order valence-corrected chi connectivity index (χ3v) is 5.05. The Kier molecular flexibility index (Phi) is 6.81. The van der Waals surface area contributed by atoms with E-state index in [4.69, 9.17) is 5.11 Å². The summed E-state index contributed by atoms with van der Waals surface area (Å²) in [6, 6.07) is 11.7. The molecule has 0 spiro atoms. The molecule has 0 unspecified atom stereocenters. The van der Waals surface area contributed by atoms with E-state index in [2.05, 4.69) is 17.1 Å². The highest BCUT2D eigenvalue weighted by molar-refractivity contribution is 7.98. The standard InChI is InChI=1S/C20H20N4O2S/c1-4-15-16(10-21)19(24(2)3)23-20(17(15)11-22)27-12-14-7-5-13(6-8-14)9-18(25)26/h5-8H,4,9,12H2,1-3H3,(H,25,26). The molecule has 0 aliphatic carbocycles. The summed E-state index contributed by atoms with van der Waals surface area (Å²) in [5, 5.41) is 28.6. The molecule has 6 nitrogen and oxygen atoms in total. The molecule has 0 bridgehead atoms. The van der Waals surface area contributed by atoms with Crippen LogP contribution in [0.15, 0.2) is 29.3 Å². The fraction of sp³-hybridized carbons (Fsp3) is 0.300. The number of benzene rings is 1. The van der Waals surface area contributed by atoms with Crippen molar-refractivity contribution < 1.29 is 9.90 Å². The number of aromatic nitrogens is 1. The number of nitriles is 2. The molecule has 1 aromatic carbocycles. The van der Waals surface area contributed by atoms with Crippen LogP contribution in [0.1, 0.15) is 34.7 Å². The molecule has 0 atom stereocenters. The van der Waals surface area contributed by atoms with Crippen LogP contribution in [0.3, 0.4) is 0 Å². The molecule has 138 valence electrons. The predicted molar refractivity (Wildman–Crippen MR) is 105 cm³/mol. The van der Waals surface area contributed by atoms with Gasteiger partial charge in [0.25, 0.3) is 0 Å². The van der Waals surface area contributed by atoms with Crippen LogP contribution in [0, 0.1) is 22.7 Å². The van der Waals surface area contributed by atoms with Gasteiger partial charge in [-0.1, -0.05) is 31.2 Å². The Morgan fingerprint density at radius 3 is 2.22 bits per heavy atom. The highest BCUT2D eigenvalue weighted by atomic mass is 32.2.